The fourth-order valence-corrected chi connectivity index (χ4v) is 3.19. The molecule has 20 heavy (non-hydrogen) atoms. The lowest BCUT2D eigenvalue weighted by atomic mass is 9.70. The van der Waals surface area contributed by atoms with Gasteiger partial charge in [0.05, 0.1) is 13.2 Å². The first kappa shape index (κ1) is 15.5. The Morgan fingerprint density at radius 3 is 2.95 bits per heavy atom. The molecule has 0 fully saturated rings. The molecular formula is C17H27NO2. The minimum atomic E-state index is 0.124. The van der Waals surface area contributed by atoms with Crippen LogP contribution < -0.4 is 5.32 Å². The van der Waals surface area contributed by atoms with Crippen LogP contribution in [-0.4, -0.2) is 40.0 Å². The molecule has 0 aliphatic heterocycles. The predicted octanol–water partition coefficient (Wildman–Crippen LogP) is 2.53. The Morgan fingerprint density at radius 2 is 2.15 bits per heavy atom. The van der Waals surface area contributed by atoms with Crippen LogP contribution in [0.3, 0.4) is 0 Å². The van der Waals surface area contributed by atoms with Crippen LogP contribution in [0, 0.1) is 0 Å². The second kappa shape index (κ2) is 7.77. The van der Waals surface area contributed by atoms with Crippen LogP contribution in [0.2, 0.25) is 0 Å². The Balaban J connectivity index is 2.14. The first-order valence-electron chi connectivity index (χ1n) is 7.68. The van der Waals surface area contributed by atoms with Gasteiger partial charge in [0.1, 0.15) is 0 Å². The van der Waals surface area contributed by atoms with Crippen LogP contribution in [0.5, 0.6) is 0 Å². The number of fused-ring (bicyclic) bond motifs is 1. The van der Waals surface area contributed by atoms with E-state index in [0.717, 1.165) is 32.9 Å². The third-order valence-corrected chi connectivity index (χ3v) is 4.22. The molecule has 0 radical (unpaired) electrons. The van der Waals surface area contributed by atoms with Crippen molar-refractivity contribution in [2.75, 3.05) is 40.0 Å². The maximum Gasteiger partial charge on any atom is 0.0587 e. The largest absolute Gasteiger partial charge is 0.383 e. The number of ether oxygens (including phenoxy) is 2. The molecule has 0 saturated carbocycles. The van der Waals surface area contributed by atoms with Gasteiger partial charge in [0.25, 0.3) is 0 Å². The summed E-state index contributed by atoms with van der Waals surface area (Å²) in [6.07, 6.45) is 3.64. The van der Waals surface area contributed by atoms with Crippen molar-refractivity contribution in [2.45, 2.75) is 31.6 Å². The van der Waals surface area contributed by atoms with Crippen molar-refractivity contribution >= 4 is 0 Å². The van der Waals surface area contributed by atoms with Gasteiger partial charge in [0.15, 0.2) is 0 Å². The van der Waals surface area contributed by atoms with Crippen molar-refractivity contribution in [2.24, 2.45) is 0 Å². The predicted molar refractivity (Wildman–Crippen MR) is 82.3 cm³/mol. The SMILES string of the molecule is CCOCC1(CNCCOC)CCCc2ccccc21. The van der Waals surface area contributed by atoms with E-state index in [2.05, 4.69) is 36.5 Å². The highest BCUT2D eigenvalue weighted by Crippen LogP contribution is 2.37. The summed E-state index contributed by atoms with van der Waals surface area (Å²) in [7, 11) is 1.74. The second-order valence-corrected chi connectivity index (χ2v) is 5.60. The van der Waals surface area contributed by atoms with E-state index in [1.54, 1.807) is 7.11 Å². The third-order valence-electron chi connectivity index (χ3n) is 4.22. The van der Waals surface area contributed by atoms with Crippen LogP contribution in [0.15, 0.2) is 24.3 Å². The molecule has 112 valence electrons. The summed E-state index contributed by atoms with van der Waals surface area (Å²) in [5, 5.41) is 3.54. The molecule has 0 bridgehead atoms. The van der Waals surface area contributed by atoms with Gasteiger partial charge in [-0.15, -0.1) is 0 Å². The average Bonchev–Trinajstić information content (AvgIpc) is 2.50. The number of methoxy groups -OCH3 is 1. The average molecular weight is 277 g/mol. The van der Waals surface area contributed by atoms with E-state index in [0.29, 0.717) is 0 Å². The normalized spacial score (nSPS) is 21.7. The maximum atomic E-state index is 5.82. The third kappa shape index (κ3) is 3.60. The molecule has 0 saturated heterocycles. The lowest BCUT2D eigenvalue weighted by Gasteiger charge is -2.39. The van der Waals surface area contributed by atoms with Crippen molar-refractivity contribution in [1.82, 2.24) is 5.32 Å². The standard InChI is InChI=1S/C17H27NO2/c1-3-20-14-17(13-18-11-12-19-2)10-6-8-15-7-4-5-9-16(15)17/h4-5,7,9,18H,3,6,8,10-14H2,1-2H3. The molecule has 0 aromatic heterocycles. The summed E-state index contributed by atoms with van der Waals surface area (Å²) < 4.78 is 10.9. The van der Waals surface area contributed by atoms with Gasteiger partial charge in [-0.1, -0.05) is 24.3 Å². The van der Waals surface area contributed by atoms with Crippen LogP contribution in [0.4, 0.5) is 0 Å². The number of rotatable bonds is 8. The first-order valence-corrected chi connectivity index (χ1v) is 7.68. The van der Waals surface area contributed by atoms with E-state index in [1.165, 1.54) is 30.4 Å². The molecule has 3 nitrogen and oxygen atoms in total. The summed E-state index contributed by atoms with van der Waals surface area (Å²) >= 11 is 0. The number of benzene rings is 1. The quantitative estimate of drug-likeness (QED) is 0.741. The molecular weight excluding hydrogens is 250 g/mol. The van der Waals surface area contributed by atoms with Gasteiger partial charge in [0, 0.05) is 32.2 Å². The molecule has 0 spiro atoms. The summed E-state index contributed by atoms with van der Waals surface area (Å²) in [6.45, 7) is 6.27. The van der Waals surface area contributed by atoms with Crippen molar-refractivity contribution in [3.05, 3.63) is 35.4 Å². The molecule has 1 atom stereocenters. The van der Waals surface area contributed by atoms with E-state index in [-0.39, 0.29) is 5.41 Å². The zero-order valence-electron chi connectivity index (χ0n) is 12.8. The summed E-state index contributed by atoms with van der Waals surface area (Å²) in [4.78, 5) is 0. The molecule has 1 aliphatic carbocycles. The molecule has 1 aromatic rings. The highest BCUT2D eigenvalue weighted by Gasteiger charge is 2.36. The zero-order valence-corrected chi connectivity index (χ0v) is 12.8. The second-order valence-electron chi connectivity index (χ2n) is 5.60. The van der Waals surface area contributed by atoms with Crippen molar-refractivity contribution in [1.29, 1.82) is 0 Å². The molecule has 1 N–H and O–H groups in total. The van der Waals surface area contributed by atoms with Crippen molar-refractivity contribution in [3.63, 3.8) is 0 Å². The lowest BCUT2D eigenvalue weighted by molar-refractivity contribution is 0.0807. The zero-order chi connectivity index (χ0) is 14.3. The van der Waals surface area contributed by atoms with Gasteiger partial charge < -0.3 is 14.8 Å². The van der Waals surface area contributed by atoms with Crippen LogP contribution in [-0.2, 0) is 21.3 Å². The Kier molecular flexibility index (Phi) is 6.02. The Labute approximate surface area is 122 Å². The number of hydrogen-bond acceptors (Lipinski definition) is 3. The van der Waals surface area contributed by atoms with Crippen molar-refractivity contribution < 1.29 is 9.47 Å². The van der Waals surface area contributed by atoms with Crippen LogP contribution >= 0.6 is 0 Å². The van der Waals surface area contributed by atoms with Gasteiger partial charge in [-0.05, 0) is 37.3 Å². The van der Waals surface area contributed by atoms with Crippen LogP contribution in [0.25, 0.3) is 0 Å². The van der Waals surface area contributed by atoms with E-state index in [4.69, 9.17) is 9.47 Å². The van der Waals surface area contributed by atoms with Gasteiger partial charge in [0.2, 0.25) is 0 Å². The molecule has 0 heterocycles. The summed E-state index contributed by atoms with van der Waals surface area (Å²) in [5.74, 6) is 0. The first-order chi connectivity index (χ1) is 9.82. The smallest absolute Gasteiger partial charge is 0.0587 e. The van der Waals surface area contributed by atoms with Gasteiger partial charge >= 0.3 is 0 Å². The molecule has 0 amide bonds. The number of nitrogens with one attached hydrogen (secondary N) is 1. The van der Waals surface area contributed by atoms with E-state index in [9.17, 15) is 0 Å². The Morgan fingerprint density at radius 1 is 1.30 bits per heavy atom. The van der Waals surface area contributed by atoms with Gasteiger partial charge in [-0.2, -0.15) is 0 Å². The highest BCUT2D eigenvalue weighted by atomic mass is 16.5. The number of hydrogen-bond donors (Lipinski definition) is 1. The molecule has 1 aliphatic rings. The van der Waals surface area contributed by atoms with Crippen molar-refractivity contribution in [3.8, 4) is 0 Å². The molecule has 3 heteroatoms. The van der Waals surface area contributed by atoms with Crippen LogP contribution in [0.1, 0.15) is 30.9 Å². The fourth-order valence-electron chi connectivity index (χ4n) is 3.19. The molecule has 2 rings (SSSR count). The van der Waals surface area contributed by atoms with E-state index in [1.807, 2.05) is 0 Å². The maximum absolute atomic E-state index is 5.82. The molecule has 1 unspecified atom stereocenters. The van der Waals surface area contributed by atoms with Gasteiger partial charge in [-0.3, -0.25) is 0 Å². The van der Waals surface area contributed by atoms with E-state index >= 15 is 0 Å². The van der Waals surface area contributed by atoms with Gasteiger partial charge in [-0.25, -0.2) is 0 Å². The highest BCUT2D eigenvalue weighted by molar-refractivity contribution is 5.37. The summed E-state index contributed by atoms with van der Waals surface area (Å²) in [5.41, 5.74) is 3.09. The minimum Gasteiger partial charge on any atom is -0.383 e. The summed E-state index contributed by atoms with van der Waals surface area (Å²) in [6, 6.07) is 8.85. The topological polar surface area (TPSA) is 30.5 Å². The minimum absolute atomic E-state index is 0.124. The van der Waals surface area contributed by atoms with E-state index < -0.39 is 0 Å². The Hall–Kier alpha value is -0.900. The fraction of sp³-hybridized carbons (Fsp3) is 0.647. The lowest BCUT2D eigenvalue weighted by Crippen LogP contribution is -2.45. The molecule has 1 aromatic carbocycles. The monoisotopic (exact) mass is 277 g/mol. The Bertz CT molecular complexity index is 408. The number of aryl methyl sites for hydroxylation is 1.